The van der Waals surface area contributed by atoms with Crippen molar-refractivity contribution in [3.8, 4) is 0 Å². The van der Waals surface area contributed by atoms with Crippen molar-refractivity contribution in [1.82, 2.24) is 0 Å². The van der Waals surface area contributed by atoms with Gasteiger partial charge in [0.25, 0.3) is 5.69 Å². The van der Waals surface area contributed by atoms with Gasteiger partial charge in [-0.3, -0.25) is 10.1 Å². The Labute approximate surface area is 142 Å². The fraction of sp³-hybridized carbons (Fsp3) is 0.200. The SMILES string of the molecule is CC(Nc1ccc(S(C)(=O)=O)cc1[N+](=O)[O-])c1cccc(Br)c1. The summed E-state index contributed by atoms with van der Waals surface area (Å²) in [6.07, 6.45) is 1.02. The molecule has 0 radical (unpaired) electrons. The van der Waals surface area contributed by atoms with Gasteiger partial charge in [0.2, 0.25) is 0 Å². The molecule has 0 saturated carbocycles. The molecule has 1 unspecified atom stereocenters. The number of rotatable bonds is 5. The Hall–Kier alpha value is -1.93. The number of nitrogens with one attached hydrogen (secondary N) is 1. The summed E-state index contributed by atoms with van der Waals surface area (Å²) in [5.41, 5.74) is 0.950. The minimum atomic E-state index is -3.50. The van der Waals surface area contributed by atoms with Gasteiger partial charge in [-0.2, -0.15) is 0 Å². The quantitative estimate of drug-likeness (QED) is 0.608. The molecule has 0 heterocycles. The molecule has 23 heavy (non-hydrogen) atoms. The molecule has 0 aliphatic rings. The Bertz CT molecular complexity index is 852. The first-order valence-electron chi connectivity index (χ1n) is 6.69. The van der Waals surface area contributed by atoms with Crippen LogP contribution >= 0.6 is 15.9 Å². The van der Waals surface area contributed by atoms with Gasteiger partial charge in [0.05, 0.1) is 9.82 Å². The van der Waals surface area contributed by atoms with E-state index < -0.39 is 14.8 Å². The summed E-state index contributed by atoms with van der Waals surface area (Å²) >= 11 is 3.38. The van der Waals surface area contributed by atoms with Crippen molar-refractivity contribution in [2.75, 3.05) is 11.6 Å². The molecule has 0 bridgehead atoms. The van der Waals surface area contributed by atoms with Gasteiger partial charge in [-0.05, 0) is 36.8 Å². The molecular weight excluding hydrogens is 384 g/mol. The van der Waals surface area contributed by atoms with E-state index in [1.54, 1.807) is 0 Å². The third-order valence-electron chi connectivity index (χ3n) is 3.31. The van der Waals surface area contributed by atoms with Crippen LogP contribution in [0, 0.1) is 10.1 Å². The van der Waals surface area contributed by atoms with Crippen molar-refractivity contribution < 1.29 is 13.3 Å². The lowest BCUT2D eigenvalue weighted by molar-refractivity contribution is -0.384. The van der Waals surface area contributed by atoms with Crippen molar-refractivity contribution >= 4 is 37.1 Å². The molecule has 122 valence electrons. The van der Waals surface area contributed by atoms with Crippen LogP contribution in [0.4, 0.5) is 11.4 Å². The third kappa shape index (κ3) is 4.29. The molecule has 0 amide bonds. The van der Waals surface area contributed by atoms with Gasteiger partial charge in [-0.15, -0.1) is 0 Å². The van der Waals surface area contributed by atoms with E-state index in [0.717, 1.165) is 22.4 Å². The first-order valence-corrected chi connectivity index (χ1v) is 9.37. The molecule has 8 heteroatoms. The third-order valence-corrected chi connectivity index (χ3v) is 4.92. The normalized spacial score (nSPS) is 12.7. The largest absolute Gasteiger partial charge is 0.373 e. The lowest BCUT2D eigenvalue weighted by atomic mass is 10.1. The number of halogens is 1. The number of nitro benzene ring substituents is 1. The Morgan fingerprint density at radius 1 is 1.22 bits per heavy atom. The molecule has 0 aliphatic carbocycles. The number of benzene rings is 2. The van der Waals surface area contributed by atoms with Crippen molar-refractivity contribution in [2.24, 2.45) is 0 Å². The van der Waals surface area contributed by atoms with Crippen LogP contribution in [0.2, 0.25) is 0 Å². The minimum absolute atomic E-state index is 0.0788. The molecule has 0 fully saturated rings. The van der Waals surface area contributed by atoms with Crippen LogP contribution in [0.5, 0.6) is 0 Å². The number of anilines is 1. The molecule has 6 nitrogen and oxygen atoms in total. The van der Waals surface area contributed by atoms with E-state index in [9.17, 15) is 18.5 Å². The molecule has 0 spiro atoms. The van der Waals surface area contributed by atoms with Gasteiger partial charge in [-0.25, -0.2) is 8.42 Å². The second-order valence-corrected chi connectivity index (χ2v) is 8.06. The van der Waals surface area contributed by atoms with Gasteiger partial charge in [0, 0.05) is 22.8 Å². The molecule has 0 aromatic heterocycles. The van der Waals surface area contributed by atoms with Gasteiger partial charge >= 0.3 is 0 Å². The molecule has 2 aromatic rings. The summed E-state index contributed by atoms with van der Waals surface area (Å²) in [7, 11) is -3.50. The summed E-state index contributed by atoms with van der Waals surface area (Å²) in [5.74, 6) is 0. The maximum atomic E-state index is 11.6. The molecule has 0 aliphatic heterocycles. The summed E-state index contributed by atoms with van der Waals surface area (Å²) in [6, 6.07) is 11.2. The highest BCUT2D eigenvalue weighted by Crippen LogP contribution is 2.31. The van der Waals surface area contributed by atoms with Crippen LogP contribution < -0.4 is 5.32 Å². The van der Waals surface area contributed by atoms with E-state index in [4.69, 9.17) is 0 Å². The summed E-state index contributed by atoms with van der Waals surface area (Å²) in [4.78, 5) is 10.6. The van der Waals surface area contributed by atoms with Gasteiger partial charge < -0.3 is 5.32 Å². The maximum absolute atomic E-state index is 11.6. The average molecular weight is 399 g/mol. The van der Waals surface area contributed by atoms with Gasteiger partial charge in [0.15, 0.2) is 9.84 Å². The Balaban J connectivity index is 2.38. The van der Waals surface area contributed by atoms with Crippen LogP contribution in [-0.4, -0.2) is 19.6 Å². The average Bonchev–Trinajstić information content (AvgIpc) is 2.46. The summed E-state index contributed by atoms with van der Waals surface area (Å²) in [5, 5.41) is 14.3. The minimum Gasteiger partial charge on any atom is -0.373 e. The van der Waals surface area contributed by atoms with Crippen molar-refractivity contribution in [2.45, 2.75) is 17.9 Å². The zero-order chi connectivity index (χ0) is 17.2. The van der Waals surface area contributed by atoms with E-state index in [-0.39, 0.29) is 22.3 Å². The second kappa shape index (κ2) is 6.67. The number of hydrogen-bond acceptors (Lipinski definition) is 5. The lowest BCUT2D eigenvalue weighted by Gasteiger charge is -2.16. The Morgan fingerprint density at radius 3 is 2.48 bits per heavy atom. The van der Waals surface area contributed by atoms with Crippen LogP contribution in [0.15, 0.2) is 51.8 Å². The fourth-order valence-electron chi connectivity index (χ4n) is 2.11. The molecular formula is C15H15BrN2O4S. The van der Waals surface area contributed by atoms with Crippen LogP contribution in [0.1, 0.15) is 18.5 Å². The predicted octanol–water partition coefficient (Wildman–Crippen LogP) is 3.93. The van der Waals surface area contributed by atoms with E-state index >= 15 is 0 Å². The van der Waals surface area contributed by atoms with E-state index in [1.165, 1.54) is 12.1 Å². The summed E-state index contributed by atoms with van der Waals surface area (Å²) < 4.78 is 24.0. The van der Waals surface area contributed by atoms with E-state index in [2.05, 4.69) is 21.2 Å². The zero-order valence-electron chi connectivity index (χ0n) is 12.5. The van der Waals surface area contributed by atoms with Gasteiger partial charge in [-0.1, -0.05) is 28.1 Å². The van der Waals surface area contributed by atoms with E-state index in [0.29, 0.717) is 0 Å². The topological polar surface area (TPSA) is 89.3 Å². The predicted molar refractivity (Wildman–Crippen MR) is 92.4 cm³/mol. The zero-order valence-corrected chi connectivity index (χ0v) is 14.9. The van der Waals surface area contributed by atoms with Crippen molar-refractivity contribution in [3.05, 3.63) is 62.6 Å². The fourth-order valence-corrected chi connectivity index (χ4v) is 3.17. The van der Waals surface area contributed by atoms with Crippen molar-refractivity contribution in [1.29, 1.82) is 0 Å². The lowest BCUT2D eigenvalue weighted by Crippen LogP contribution is -2.09. The number of sulfone groups is 1. The highest BCUT2D eigenvalue weighted by atomic mass is 79.9. The Kier molecular flexibility index (Phi) is 5.06. The first-order chi connectivity index (χ1) is 10.7. The van der Waals surface area contributed by atoms with E-state index in [1.807, 2.05) is 31.2 Å². The van der Waals surface area contributed by atoms with Crippen molar-refractivity contribution in [3.63, 3.8) is 0 Å². The molecule has 2 rings (SSSR count). The number of hydrogen-bond donors (Lipinski definition) is 1. The molecule has 0 saturated heterocycles. The maximum Gasteiger partial charge on any atom is 0.293 e. The molecule has 1 N–H and O–H groups in total. The van der Waals surface area contributed by atoms with Crippen LogP contribution in [0.25, 0.3) is 0 Å². The smallest absolute Gasteiger partial charge is 0.293 e. The van der Waals surface area contributed by atoms with Crippen LogP contribution in [0.3, 0.4) is 0 Å². The first kappa shape index (κ1) is 17.4. The van der Waals surface area contributed by atoms with Gasteiger partial charge in [0.1, 0.15) is 5.69 Å². The standard InChI is InChI=1S/C15H15BrN2O4S/c1-10(11-4-3-5-12(16)8-11)17-14-7-6-13(23(2,21)22)9-15(14)18(19)20/h3-10,17H,1-2H3. The molecule has 2 aromatic carbocycles. The highest BCUT2D eigenvalue weighted by Gasteiger charge is 2.20. The Morgan fingerprint density at radius 2 is 1.91 bits per heavy atom. The number of nitrogens with zero attached hydrogens (tertiary/aromatic N) is 1. The number of nitro groups is 1. The highest BCUT2D eigenvalue weighted by molar-refractivity contribution is 9.10. The molecule has 1 atom stereocenters. The van der Waals surface area contributed by atoms with Crippen LogP contribution in [-0.2, 0) is 9.84 Å². The monoisotopic (exact) mass is 398 g/mol. The summed E-state index contributed by atoms with van der Waals surface area (Å²) in [6.45, 7) is 1.87. The second-order valence-electron chi connectivity index (χ2n) is 5.13.